The van der Waals surface area contributed by atoms with E-state index in [2.05, 4.69) is 9.97 Å². The van der Waals surface area contributed by atoms with Gasteiger partial charge in [-0.2, -0.15) is 0 Å². The number of rotatable bonds is 2. The Morgan fingerprint density at radius 1 is 1.12 bits per heavy atom. The van der Waals surface area contributed by atoms with Crippen molar-refractivity contribution in [3.05, 3.63) is 45.3 Å². The van der Waals surface area contributed by atoms with Gasteiger partial charge in [-0.1, -0.05) is 34.8 Å². The minimum atomic E-state index is 0.341. The molecule has 1 aromatic heterocycles. The first-order valence-corrected chi connectivity index (χ1v) is 5.81. The summed E-state index contributed by atoms with van der Waals surface area (Å²) in [5.74, 6) is 0.784. The second kappa shape index (κ2) is 5.08. The summed E-state index contributed by atoms with van der Waals surface area (Å²) in [7, 11) is 0. The van der Waals surface area contributed by atoms with Gasteiger partial charge in [-0.25, -0.2) is 9.97 Å². The van der Waals surface area contributed by atoms with Crippen LogP contribution in [0.1, 0.15) is 5.56 Å². The quantitative estimate of drug-likeness (QED) is 0.761. The van der Waals surface area contributed by atoms with Crippen LogP contribution in [0.3, 0.4) is 0 Å². The molecular weight excluding hydrogens is 282 g/mol. The lowest BCUT2D eigenvalue weighted by atomic mass is 10.3. The van der Waals surface area contributed by atoms with Crippen LogP contribution in [0, 0.1) is 6.92 Å². The molecule has 2 aromatic rings. The first-order chi connectivity index (χ1) is 8.08. The molecule has 6 heteroatoms. The van der Waals surface area contributed by atoms with E-state index in [1.165, 1.54) is 6.33 Å². The summed E-state index contributed by atoms with van der Waals surface area (Å²) in [6.07, 6.45) is 1.32. The van der Waals surface area contributed by atoms with Crippen molar-refractivity contribution in [1.82, 2.24) is 9.97 Å². The number of aromatic nitrogens is 2. The Kier molecular flexibility index (Phi) is 3.72. The molecule has 3 nitrogen and oxygen atoms in total. The number of halogens is 3. The average Bonchev–Trinajstić information content (AvgIpc) is 2.30. The fourth-order valence-corrected chi connectivity index (χ4v) is 1.62. The number of benzene rings is 1. The molecule has 0 aliphatic heterocycles. The third-order valence-electron chi connectivity index (χ3n) is 2.08. The van der Waals surface area contributed by atoms with Gasteiger partial charge in [-0.3, -0.25) is 0 Å². The fourth-order valence-electron chi connectivity index (χ4n) is 1.18. The number of nitrogens with zero attached hydrogens (tertiary/aromatic N) is 2. The summed E-state index contributed by atoms with van der Waals surface area (Å²) in [5, 5.41) is 1.32. The SMILES string of the molecule is Cc1c(Cl)ncnc1Oc1cc(Cl)ccc1Cl. The van der Waals surface area contributed by atoms with Crippen LogP contribution in [0.4, 0.5) is 0 Å². The van der Waals surface area contributed by atoms with Crippen molar-refractivity contribution >= 4 is 34.8 Å². The van der Waals surface area contributed by atoms with Crippen molar-refractivity contribution in [3.8, 4) is 11.6 Å². The zero-order valence-corrected chi connectivity index (χ0v) is 11.0. The zero-order valence-electron chi connectivity index (χ0n) is 8.75. The van der Waals surface area contributed by atoms with Crippen molar-refractivity contribution in [1.29, 1.82) is 0 Å². The predicted octanol–water partition coefficient (Wildman–Crippen LogP) is 4.54. The highest BCUT2D eigenvalue weighted by Gasteiger charge is 2.10. The number of hydrogen-bond donors (Lipinski definition) is 0. The van der Waals surface area contributed by atoms with Crippen molar-refractivity contribution in [2.45, 2.75) is 6.92 Å². The highest BCUT2D eigenvalue weighted by molar-refractivity contribution is 6.34. The van der Waals surface area contributed by atoms with E-state index in [1.807, 2.05) is 0 Å². The van der Waals surface area contributed by atoms with Crippen molar-refractivity contribution in [2.75, 3.05) is 0 Å². The summed E-state index contributed by atoms with van der Waals surface area (Å²) in [5.41, 5.74) is 0.644. The smallest absolute Gasteiger partial charge is 0.226 e. The Morgan fingerprint density at radius 2 is 1.88 bits per heavy atom. The molecule has 0 unspecified atom stereocenters. The monoisotopic (exact) mass is 288 g/mol. The topological polar surface area (TPSA) is 35.0 Å². The van der Waals surface area contributed by atoms with E-state index in [4.69, 9.17) is 39.5 Å². The highest BCUT2D eigenvalue weighted by Crippen LogP contribution is 2.33. The van der Waals surface area contributed by atoms with Crippen LogP contribution in [-0.4, -0.2) is 9.97 Å². The van der Waals surface area contributed by atoms with Crippen LogP contribution >= 0.6 is 34.8 Å². The summed E-state index contributed by atoms with van der Waals surface area (Å²) >= 11 is 17.7. The molecule has 0 N–H and O–H groups in total. The Morgan fingerprint density at radius 3 is 2.65 bits per heavy atom. The van der Waals surface area contributed by atoms with Crippen LogP contribution in [0.5, 0.6) is 11.6 Å². The molecule has 0 radical (unpaired) electrons. The van der Waals surface area contributed by atoms with Crippen LogP contribution < -0.4 is 4.74 Å². The molecule has 0 amide bonds. The maximum Gasteiger partial charge on any atom is 0.226 e. The molecule has 88 valence electrons. The predicted molar refractivity (Wildman–Crippen MR) is 68.3 cm³/mol. The van der Waals surface area contributed by atoms with E-state index in [1.54, 1.807) is 25.1 Å². The number of ether oxygens (including phenoxy) is 1. The normalized spacial score (nSPS) is 10.4. The third-order valence-corrected chi connectivity index (χ3v) is 3.00. The largest absolute Gasteiger partial charge is 0.437 e. The van der Waals surface area contributed by atoms with E-state index < -0.39 is 0 Å². The molecule has 0 spiro atoms. The van der Waals surface area contributed by atoms with Gasteiger partial charge in [0.2, 0.25) is 5.88 Å². The molecule has 0 fully saturated rings. The first kappa shape index (κ1) is 12.4. The van der Waals surface area contributed by atoms with Gasteiger partial charge in [0.15, 0.2) is 0 Å². The molecule has 1 aromatic carbocycles. The van der Waals surface area contributed by atoms with Crippen molar-refractivity contribution in [3.63, 3.8) is 0 Å². The van der Waals surface area contributed by atoms with E-state index in [0.29, 0.717) is 32.4 Å². The molecule has 0 aliphatic rings. The molecule has 0 saturated heterocycles. The molecule has 0 atom stereocenters. The Hall–Kier alpha value is -1.03. The molecule has 17 heavy (non-hydrogen) atoms. The van der Waals surface area contributed by atoms with Gasteiger partial charge in [-0.15, -0.1) is 0 Å². The van der Waals surface area contributed by atoms with Crippen LogP contribution in [0.25, 0.3) is 0 Å². The second-order valence-electron chi connectivity index (χ2n) is 3.27. The van der Waals surface area contributed by atoms with Gasteiger partial charge in [0.05, 0.1) is 5.02 Å². The zero-order chi connectivity index (χ0) is 12.4. The van der Waals surface area contributed by atoms with Crippen LogP contribution in [0.2, 0.25) is 15.2 Å². The minimum absolute atomic E-state index is 0.341. The summed E-state index contributed by atoms with van der Waals surface area (Å²) in [4.78, 5) is 7.82. The van der Waals surface area contributed by atoms with Crippen molar-refractivity contribution < 1.29 is 4.74 Å². The van der Waals surface area contributed by atoms with Crippen LogP contribution in [-0.2, 0) is 0 Å². The van der Waals surface area contributed by atoms with Gasteiger partial charge in [0.25, 0.3) is 0 Å². The first-order valence-electron chi connectivity index (χ1n) is 4.68. The molecule has 0 bridgehead atoms. The van der Waals surface area contributed by atoms with Gasteiger partial charge >= 0.3 is 0 Å². The standard InChI is InChI=1S/C11H7Cl3N2O/c1-6-10(14)15-5-16-11(6)17-9-4-7(12)2-3-8(9)13/h2-5H,1H3. The summed E-state index contributed by atoms with van der Waals surface area (Å²) in [6.45, 7) is 1.76. The van der Waals surface area contributed by atoms with E-state index in [0.717, 1.165) is 0 Å². The van der Waals surface area contributed by atoms with E-state index in [-0.39, 0.29) is 0 Å². The minimum Gasteiger partial charge on any atom is -0.437 e. The molecule has 2 rings (SSSR count). The lowest BCUT2D eigenvalue weighted by Gasteiger charge is -2.09. The summed E-state index contributed by atoms with van der Waals surface area (Å²) in [6, 6.07) is 4.94. The maximum atomic E-state index is 5.98. The lowest BCUT2D eigenvalue weighted by Crippen LogP contribution is -1.94. The van der Waals surface area contributed by atoms with Gasteiger partial charge in [0, 0.05) is 16.7 Å². The van der Waals surface area contributed by atoms with E-state index in [9.17, 15) is 0 Å². The molecular formula is C11H7Cl3N2O. The van der Waals surface area contributed by atoms with Gasteiger partial charge < -0.3 is 4.74 Å². The fraction of sp³-hybridized carbons (Fsp3) is 0.0909. The third kappa shape index (κ3) is 2.80. The molecule has 0 saturated carbocycles. The maximum absolute atomic E-state index is 5.98. The summed E-state index contributed by atoms with van der Waals surface area (Å²) < 4.78 is 5.55. The number of hydrogen-bond acceptors (Lipinski definition) is 3. The Balaban J connectivity index is 2.38. The van der Waals surface area contributed by atoms with Gasteiger partial charge in [0.1, 0.15) is 17.2 Å². The Bertz CT molecular complexity index is 560. The second-order valence-corrected chi connectivity index (χ2v) is 4.47. The Labute approximate surface area is 113 Å². The molecule has 1 heterocycles. The average molecular weight is 290 g/mol. The highest BCUT2D eigenvalue weighted by atomic mass is 35.5. The van der Waals surface area contributed by atoms with Gasteiger partial charge in [-0.05, 0) is 19.1 Å². The van der Waals surface area contributed by atoms with Crippen LogP contribution in [0.15, 0.2) is 24.5 Å². The van der Waals surface area contributed by atoms with Crippen molar-refractivity contribution in [2.24, 2.45) is 0 Å². The molecule has 0 aliphatic carbocycles. The lowest BCUT2D eigenvalue weighted by molar-refractivity contribution is 0.457. The van der Waals surface area contributed by atoms with E-state index >= 15 is 0 Å².